The van der Waals surface area contributed by atoms with E-state index in [1.807, 2.05) is 177 Å². The number of carbonyl (C=O) groups excluding carboxylic acids is 10. The number of ether oxygens (including phenoxy) is 4. The summed E-state index contributed by atoms with van der Waals surface area (Å²) in [5.41, 5.74) is 1.83. The molecule has 0 aromatic heterocycles. The van der Waals surface area contributed by atoms with Gasteiger partial charge in [-0.05, 0) is 180 Å². The number of alkyl halides is 3. The Labute approximate surface area is 701 Å². The highest BCUT2D eigenvalue weighted by Crippen LogP contribution is 2.27. The second kappa shape index (κ2) is 63.9. The van der Waals surface area contributed by atoms with Gasteiger partial charge in [-0.25, -0.2) is 19.2 Å². The molecule has 0 aliphatic rings. The Balaban J connectivity index is -0.000000133. The van der Waals surface area contributed by atoms with Crippen molar-refractivity contribution in [1.29, 1.82) is 0 Å². The largest absolute Gasteiger partial charge is 0.462 e. The van der Waals surface area contributed by atoms with Crippen molar-refractivity contribution in [2.24, 2.45) is 54.1 Å². The van der Waals surface area contributed by atoms with E-state index in [2.05, 4.69) is 142 Å². The summed E-state index contributed by atoms with van der Waals surface area (Å²) in [6.45, 7) is 94.8. The summed E-state index contributed by atoms with van der Waals surface area (Å²) in [5, 5.41) is 2.17. The van der Waals surface area contributed by atoms with Crippen LogP contribution >= 0.6 is 0 Å². The van der Waals surface area contributed by atoms with Crippen LogP contribution in [-0.4, -0.2) is 122 Å². The summed E-state index contributed by atoms with van der Waals surface area (Å²) in [6, 6.07) is 0. The predicted molar refractivity (Wildman–Crippen MR) is 479 cm³/mol. The fourth-order valence-corrected chi connectivity index (χ4v) is 6.33. The molecule has 0 fully saturated rings. The molecule has 0 heterocycles. The Morgan fingerprint density at radius 3 is 0.948 bits per heavy atom. The molecule has 16 nitrogen and oxygen atoms in total. The molecular formula is C96H171F3N2O14. The highest BCUT2D eigenvalue weighted by molar-refractivity contribution is 5.94. The zero-order valence-corrected chi connectivity index (χ0v) is 80.6. The number of carbonyl (C=O) groups is 10. The van der Waals surface area contributed by atoms with Crippen molar-refractivity contribution in [3.05, 3.63) is 123 Å². The number of hydrogen-bond acceptors (Lipinski definition) is 15. The summed E-state index contributed by atoms with van der Waals surface area (Å²) in [4.78, 5) is 111. The molecule has 0 aromatic rings. The van der Waals surface area contributed by atoms with Gasteiger partial charge in [0.25, 0.3) is 5.91 Å². The van der Waals surface area contributed by atoms with Crippen LogP contribution in [0.2, 0.25) is 0 Å². The van der Waals surface area contributed by atoms with Crippen LogP contribution in [0.1, 0.15) is 321 Å². The zero-order valence-electron chi connectivity index (χ0n) is 80.6. The summed E-state index contributed by atoms with van der Waals surface area (Å²) in [6.07, 6.45) is 20.8. The Bertz CT molecular complexity index is 2890. The summed E-state index contributed by atoms with van der Waals surface area (Å²) < 4.78 is 55.6. The van der Waals surface area contributed by atoms with Gasteiger partial charge >= 0.3 is 30.1 Å². The lowest BCUT2D eigenvalue weighted by Gasteiger charge is -2.26. The maximum absolute atomic E-state index is 12.0. The zero-order chi connectivity index (χ0) is 94.0. The van der Waals surface area contributed by atoms with Crippen molar-refractivity contribution in [3.63, 3.8) is 0 Å². The first-order chi connectivity index (χ1) is 51.0. The molecule has 670 valence electrons. The molecule has 0 aliphatic carbocycles. The van der Waals surface area contributed by atoms with Crippen LogP contribution in [0.5, 0.6) is 0 Å². The molecule has 0 radical (unpaired) electrons. The predicted octanol–water partition coefficient (Wildman–Crippen LogP) is 24.8. The van der Waals surface area contributed by atoms with Crippen LogP contribution in [0.4, 0.5) is 13.2 Å². The number of allylic oxidation sites excluding steroid dienone is 9. The number of rotatable bonds is 26. The van der Waals surface area contributed by atoms with E-state index in [9.17, 15) is 61.1 Å². The third-order valence-electron chi connectivity index (χ3n) is 14.0. The van der Waals surface area contributed by atoms with E-state index in [0.29, 0.717) is 45.3 Å². The molecule has 2 unspecified atom stereocenters. The molecule has 0 aliphatic heterocycles. The normalized spacial score (nSPS) is 12.1. The molecule has 0 spiro atoms. The highest BCUT2D eigenvalue weighted by atomic mass is 19.4. The van der Waals surface area contributed by atoms with Gasteiger partial charge in [0.15, 0.2) is 28.9 Å². The molecule has 0 saturated carbocycles. The van der Waals surface area contributed by atoms with Crippen LogP contribution in [0.3, 0.4) is 0 Å². The Hall–Kier alpha value is -7.15. The van der Waals surface area contributed by atoms with Crippen molar-refractivity contribution in [1.82, 2.24) is 10.2 Å². The van der Waals surface area contributed by atoms with Crippen LogP contribution < -0.4 is 5.32 Å². The van der Waals surface area contributed by atoms with E-state index >= 15 is 0 Å². The summed E-state index contributed by atoms with van der Waals surface area (Å²) in [7, 11) is 3.98. The first kappa shape index (κ1) is 129. The molecule has 1 amide bonds. The number of hydrogen-bond donors (Lipinski definition) is 1. The van der Waals surface area contributed by atoms with Gasteiger partial charge in [-0.2, -0.15) is 13.2 Å². The number of esters is 4. The quantitative estimate of drug-likeness (QED) is 0.0483. The van der Waals surface area contributed by atoms with Gasteiger partial charge < -0.3 is 29.2 Å². The van der Waals surface area contributed by atoms with Crippen LogP contribution in [0.25, 0.3) is 0 Å². The van der Waals surface area contributed by atoms with Gasteiger partial charge in [0.05, 0.1) is 13.2 Å². The van der Waals surface area contributed by atoms with Gasteiger partial charge in [-0.1, -0.05) is 270 Å². The molecular weight excluding hydrogens is 1460 g/mol. The van der Waals surface area contributed by atoms with Gasteiger partial charge in [0.2, 0.25) is 0 Å². The van der Waals surface area contributed by atoms with E-state index in [1.165, 1.54) is 30.4 Å². The van der Waals surface area contributed by atoms with E-state index < -0.39 is 17.7 Å². The van der Waals surface area contributed by atoms with Crippen molar-refractivity contribution < 1.29 is 80.1 Å². The highest BCUT2D eigenvalue weighted by Gasteiger charge is 2.37. The average molecular weight is 1630 g/mol. The number of halogens is 3. The van der Waals surface area contributed by atoms with E-state index in [-0.39, 0.29) is 126 Å². The lowest BCUT2D eigenvalue weighted by molar-refractivity contribution is -0.147. The number of ketones is 5. The Morgan fingerprint density at radius 1 is 0.391 bits per heavy atom. The number of nitrogens with one attached hydrogen (secondary N) is 1. The molecule has 19 heteroatoms. The molecule has 2 atom stereocenters. The van der Waals surface area contributed by atoms with E-state index in [4.69, 9.17) is 18.9 Å². The molecule has 0 rings (SSSR count). The first-order valence-electron chi connectivity index (χ1n) is 39.8. The molecule has 1 N–H and O–H groups in total. The van der Waals surface area contributed by atoms with Gasteiger partial charge in [-0.3, -0.25) is 28.8 Å². The standard InChI is InChI=1S/C12H23NO.C11H20O.2C10H18O.C9H14F3NO.3C9H16O2.C9H16O.C8H14O2/c1-12(2,3)9-8-11(14)7-6-10-13(4)5;1-9(2)8-10(12)6-7-11(3,4)5;1-8(2)6-9(11)7-10(3,4)5;1-5-6-9(11)7-8-10(2,3)4;1-6(9(10,11)12)7(14)13-5-8(2,3)4;2*1-6-8(10)11-7(2)9(3,4)5;1-5-6-8(10)11-7-9(2,3)4;1-5-8(10)6-7-9(2,3)4;1-5-7(9)10-6-8(2,3)4/h6-7H,8-10H2,1-5H3;8H,6-7H2,1-5H3;6H,7H2,1-5H3;5-6H,7-8H2,1-4H3;1,5H2,2-4H3,(H,13,14);2*6-7H,1H2,2-5H3;5-6H,7H2,1-4H3;5H,1,6-7H2,2-4H3;5H,1,6H2,2-4H3/b7-6+;;;6-5+;;;;6-5+;;. The van der Waals surface area contributed by atoms with Gasteiger partial charge in [0, 0.05) is 69.5 Å². The Kier molecular flexibility index (Phi) is 71.5. The smallest absolute Gasteiger partial charge is 0.421 e. The second-order valence-electron chi connectivity index (χ2n) is 40.7. The van der Waals surface area contributed by atoms with Crippen molar-refractivity contribution >= 4 is 58.7 Å². The average Bonchev–Trinajstić information content (AvgIpc) is 0.865. The van der Waals surface area contributed by atoms with Crippen LogP contribution in [0.15, 0.2) is 123 Å². The third-order valence-corrected chi connectivity index (χ3v) is 14.0. The minimum absolute atomic E-state index is 0.00132. The van der Waals surface area contributed by atoms with Gasteiger partial charge in [-0.15, -0.1) is 0 Å². The maximum atomic E-state index is 12.0. The van der Waals surface area contributed by atoms with E-state index in [1.54, 1.807) is 43.4 Å². The molecule has 0 bridgehead atoms. The SMILES string of the molecule is C/C=C/C(=O)CCC(C)(C)C.C/C=C/C(=O)OCC(C)(C)C.C=C(C(=O)NCC(C)(C)C)C(F)(F)F.C=CC(=O)CCC(C)(C)C.C=CC(=O)OC(C)C(C)(C)C.C=CC(=O)OC(C)C(C)(C)C.C=CC(=O)OCC(C)(C)C.CC(C)=CC(=O)CC(C)(C)C.CC(C)=CC(=O)CCC(C)(C)C.CN(C)C/C=C/C(=O)CCC(C)(C)C. The summed E-state index contributed by atoms with van der Waals surface area (Å²) >= 11 is 0. The third kappa shape index (κ3) is 123. The Morgan fingerprint density at radius 2 is 0.696 bits per heavy atom. The fourth-order valence-electron chi connectivity index (χ4n) is 6.33. The number of likely N-dealkylation sites (N-methyl/N-ethyl adjacent to an activating group) is 1. The molecule has 115 heavy (non-hydrogen) atoms. The maximum Gasteiger partial charge on any atom is 0.421 e. The van der Waals surface area contributed by atoms with Crippen molar-refractivity contribution in [2.75, 3.05) is 40.4 Å². The number of amides is 1. The van der Waals surface area contributed by atoms with Crippen molar-refractivity contribution in [2.45, 2.75) is 339 Å². The minimum Gasteiger partial charge on any atom is -0.462 e. The van der Waals surface area contributed by atoms with E-state index in [0.717, 1.165) is 43.4 Å². The van der Waals surface area contributed by atoms with Crippen molar-refractivity contribution in [3.8, 4) is 0 Å². The fraction of sp³-hybridized carbons (Fsp3) is 0.688. The van der Waals surface area contributed by atoms with Gasteiger partial charge in [0.1, 0.15) is 17.8 Å². The second-order valence-corrected chi connectivity index (χ2v) is 40.7. The summed E-state index contributed by atoms with van der Waals surface area (Å²) in [5.74, 6) is -1.37. The van der Waals surface area contributed by atoms with Crippen LogP contribution in [-0.2, 0) is 66.9 Å². The molecule has 0 saturated heterocycles. The lowest BCUT2D eigenvalue weighted by atomic mass is 9.89. The van der Waals surface area contributed by atoms with Crippen LogP contribution in [0, 0.1) is 54.1 Å². The topological polar surface area (TPSA) is 223 Å². The first-order valence-corrected chi connectivity index (χ1v) is 39.8. The number of nitrogens with zero attached hydrogens (tertiary/aromatic N) is 1. The monoisotopic (exact) mass is 1630 g/mol. The lowest BCUT2D eigenvalue weighted by Crippen LogP contribution is -2.36. The molecule has 0 aromatic carbocycles. The minimum atomic E-state index is -4.65.